The second-order valence-electron chi connectivity index (χ2n) is 13.0. The number of amides is 3. The Morgan fingerprint density at radius 1 is 0.898 bits per heavy atom. The van der Waals surface area contributed by atoms with Crippen LogP contribution in [0.3, 0.4) is 0 Å². The van der Waals surface area contributed by atoms with Crippen LogP contribution in [-0.2, 0) is 20.9 Å². The zero-order valence-corrected chi connectivity index (χ0v) is 28.0. The largest absolute Gasteiger partial charge is 0.457 e. The Morgan fingerprint density at radius 3 is 2.29 bits per heavy atom. The minimum absolute atomic E-state index is 0.220. The molecule has 6 rings (SSSR count). The fourth-order valence-corrected chi connectivity index (χ4v) is 6.78. The molecule has 8 nitrogen and oxygen atoms in total. The lowest BCUT2D eigenvalue weighted by Crippen LogP contribution is -2.51. The maximum absolute atomic E-state index is 14.7. The third-order valence-electron chi connectivity index (χ3n) is 9.62. The summed E-state index contributed by atoms with van der Waals surface area (Å²) >= 11 is 0. The molecule has 0 saturated heterocycles. The van der Waals surface area contributed by atoms with Crippen molar-refractivity contribution >= 4 is 29.1 Å². The number of carbonyl (C=O) groups excluding carboxylic acids is 3. The summed E-state index contributed by atoms with van der Waals surface area (Å²) in [6.45, 7) is 2.27. The van der Waals surface area contributed by atoms with Crippen molar-refractivity contribution in [3.63, 3.8) is 0 Å². The highest BCUT2D eigenvalue weighted by molar-refractivity contribution is 6.20. The lowest BCUT2D eigenvalue weighted by molar-refractivity contribution is -0.136. The normalized spacial score (nSPS) is 17.2. The van der Waals surface area contributed by atoms with Crippen LogP contribution < -0.4 is 20.7 Å². The summed E-state index contributed by atoms with van der Waals surface area (Å²) in [5.74, 6) is -0.724. The molecule has 0 radical (unpaired) electrons. The van der Waals surface area contributed by atoms with Crippen LogP contribution >= 0.6 is 0 Å². The summed E-state index contributed by atoms with van der Waals surface area (Å²) in [5, 5.41) is 3.02. The van der Waals surface area contributed by atoms with Gasteiger partial charge in [0.15, 0.2) is 0 Å². The molecule has 3 N–H and O–H groups in total. The zero-order valence-electron chi connectivity index (χ0n) is 28.0. The molecule has 1 heterocycles. The van der Waals surface area contributed by atoms with E-state index < -0.39 is 23.9 Å². The Bertz CT molecular complexity index is 1790. The van der Waals surface area contributed by atoms with Crippen LogP contribution in [-0.4, -0.2) is 29.6 Å². The van der Waals surface area contributed by atoms with Crippen molar-refractivity contribution < 1.29 is 19.1 Å². The van der Waals surface area contributed by atoms with E-state index in [4.69, 9.17) is 15.5 Å². The highest BCUT2D eigenvalue weighted by atomic mass is 16.5. The molecule has 4 aromatic rings. The van der Waals surface area contributed by atoms with Crippen molar-refractivity contribution in [2.75, 3.05) is 4.90 Å². The number of anilines is 1. The Balaban J connectivity index is 1.36. The number of nitrogens with zero attached hydrogens (tertiary/aromatic N) is 2. The number of rotatable bonds is 14. The van der Waals surface area contributed by atoms with E-state index in [2.05, 4.69) is 12.2 Å². The molecule has 1 aliphatic heterocycles. The molecule has 3 amide bonds. The molecule has 0 spiro atoms. The molecular formula is C41H44N4O4. The molecule has 0 bridgehead atoms. The zero-order chi connectivity index (χ0) is 34.2. The van der Waals surface area contributed by atoms with Crippen LogP contribution in [0.15, 0.2) is 114 Å². The quantitative estimate of drug-likeness (QED) is 0.147. The summed E-state index contributed by atoms with van der Waals surface area (Å²) in [5.41, 5.74) is 9.67. The first-order valence-corrected chi connectivity index (χ1v) is 17.4. The molecule has 1 unspecified atom stereocenters. The van der Waals surface area contributed by atoms with Gasteiger partial charge < -0.3 is 20.7 Å². The molecular weight excluding hydrogens is 612 g/mol. The number of primary amides is 1. The second-order valence-corrected chi connectivity index (χ2v) is 13.0. The minimum Gasteiger partial charge on any atom is -0.457 e. The molecule has 0 aromatic heterocycles. The average Bonchev–Trinajstić information content (AvgIpc) is 3.20. The lowest BCUT2D eigenvalue weighted by atomic mass is 9.73. The van der Waals surface area contributed by atoms with Crippen LogP contribution in [0, 0.1) is 17.8 Å². The number of carbonyl (C=O) groups is 3. The first kappa shape index (κ1) is 33.7. The lowest BCUT2D eigenvalue weighted by Gasteiger charge is -2.33. The number of benzene rings is 4. The Hall–Kier alpha value is -5.24. The predicted molar refractivity (Wildman–Crippen MR) is 192 cm³/mol. The number of fused-ring (bicyclic) bond motifs is 1. The number of unbranched alkanes of at least 4 members (excludes halogenated alkanes) is 1. The van der Waals surface area contributed by atoms with E-state index in [9.17, 15) is 14.4 Å². The molecule has 49 heavy (non-hydrogen) atoms. The molecule has 2 aliphatic rings. The summed E-state index contributed by atoms with van der Waals surface area (Å²) in [6.07, 6.45) is 4.73. The summed E-state index contributed by atoms with van der Waals surface area (Å²) in [4.78, 5) is 48.4. The van der Waals surface area contributed by atoms with Crippen molar-refractivity contribution in [3.05, 3.63) is 126 Å². The molecule has 4 aromatic carbocycles. The van der Waals surface area contributed by atoms with Gasteiger partial charge in [0.05, 0.1) is 17.9 Å². The van der Waals surface area contributed by atoms with Crippen molar-refractivity contribution in [2.24, 2.45) is 28.5 Å². The van der Waals surface area contributed by atoms with E-state index in [0.717, 1.165) is 48.8 Å². The number of ether oxygens (including phenoxy) is 1. The van der Waals surface area contributed by atoms with Crippen LogP contribution in [0.5, 0.6) is 11.5 Å². The topological polar surface area (TPSA) is 114 Å². The van der Waals surface area contributed by atoms with Gasteiger partial charge in [-0.15, -0.1) is 0 Å². The molecule has 8 heteroatoms. The van der Waals surface area contributed by atoms with Gasteiger partial charge in [-0.1, -0.05) is 118 Å². The van der Waals surface area contributed by atoms with Crippen LogP contribution in [0.2, 0.25) is 0 Å². The maximum atomic E-state index is 14.7. The van der Waals surface area contributed by atoms with Gasteiger partial charge in [-0.3, -0.25) is 14.4 Å². The van der Waals surface area contributed by atoms with Crippen molar-refractivity contribution in [1.29, 1.82) is 0 Å². The smallest absolute Gasteiger partial charge is 0.272 e. The number of hydrogen-bond acceptors (Lipinski definition) is 5. The number of para-hydroxylation sites is 2. The number of hydrogen-bond donors (Lipinski definition) is 2. The van der Waals surface area contributed by atoms with Crippen molar-refractivity contribution in [3.8, 4) is 11.5 Å². The third kappa shape index (κ3) is 8.08. The van der Waals surface area contributed by atoms with Gasteiger partial charge in [0.1, 0.15) is 11.5 Å². The molecule has 1 saturated carbocycles. The standard InChI is InChI=1S/C41H44N4O4/c1-2-3-22-33(38(42)46)35(26-28-14-12-15-28)40(47)44-39-41(48)45(27-29-16-13-21-32(25-29)49-31-19-8-5-9-20-31)36-24-11-10-23-34(36)37(43-39)30-17-6-4-7-18-30/h4-11,13,16-21,23-25,28,33,35,39H,2-3,12,14-15,22,26-27H2,1H3,(H2,42,46)(H,44,47)/t33-,35+,39?/m0/s1. The number of nitrogens with two attached hydrogens (primary N) is 1. The molecule has 252 valence electrons. The van der Waals surface area contributed by atoms with Crippen LogP contribution in [0.4, 0.5) is 5.69 Å². The van der Waals surface area contributed by atoms with E-state index in [1.807, 2.05) is 109 Å². The highest BCUT2D eigenvalue weighted by Gasteiger charge is 2.39. The van der Waals surface area contributed by atoms with Gasteiger partial charge in [-0.05, 0) is 54.7 Å². The monoisotopic (exact) mass is 656 g/mol. The first-order chi connectivity index (χ1) is 23.9. The molecule has 3 atom stereocenters. The summed E-state index contributed by atoms with van der Waals surface area (Å²) in [7, 11) is 0. The van der Waals surface area contributed by atoms with Crippen LogP contribution in [0.25, 0.3) is 0 Å². The number of benzodiazepines with no additional fused rings is 1. The first-order valence-electron chi connectivity index (χ1n) is 17.4. The van der Waals surface area contributed by atoms with Crippen molar-refractivity contribution in [2.45, 2.75) is 64.6 Å². The SMILES string of the molecule is CCCC[C@H](C(N)=O)[C@@H](CC1CCC1)C(=O)NC1N=C(c2ccccc2)c2ccccc2N(Cc2cccc(Oc3ccccc3)c2)C1=O. The van der Waals surface area contributed by atoms with E-state index in [0.29, 0.717) is 41.7 Å². The van der Waals surface area contributed by atoms with Crippen molar-refractivity contribution in [1.82, 2.24) is 5.32 Å². The number of aliphatic imine (C=N–C) groups is 1. The number of nitrogens with one attached hydrogen (secondary N) is 1. The van der Waals surface area contributed by atoms with Gasteiger partial charge in [0.25, 0.3) is 5.91 Å². The van der Waals surface area contributed by atoms with Gasteiger partial charge in [0, 0.05) is 23.0 Å². The summed E-state index contributed by atoms with van der Waals surface area (Å²) in [6, 6.07) is 34.6. The predicted octanol–water partition coefficient (Wildman–Crippen LogP) is 7.40. The average molecular weight is 657 g/mol. The van der Waals surface area contributed by atoms with E-state index in [1.165, 1.54) is 0 Å². The fourth-order valence-electron chi connectivity index (χ4n) is 6.78. The second kappa shape index (κ2) is 15.8. The van der Waals surface area contributed by atoms with Gasteiger partial charge in [-0.25, -0.2) is 4.99 Å². The molecule has 1 aliphatic carbocycles. The maximum Gasteiger partial charge on any atom is 0.272 e. The Labute approximate surface area is 288 Å². The van der Waals surface area contributed by atoms with Gasteiger partial charge in [-0.2, -0.15) is 0 Å². The van der Waals surface area contributed by atoms with Gasteiger partial charge >= 0.3 is 0 Å². The van der Waals surface area contributed by atoms with Gasteiger partial charge in [0.2, 0.25) is 18.0 Å². The van der Waals surface area contributed by atoms with E-state index >= 15 is 0 Å². The summed E-state index contributed by atoms with van der Waals surface area (Å²) < 4.78 is 6.10. The van der Waals surface area contributed by atoms with Crippen LogP contribution in [0.1, 0.15) is 68.6 Å². The third-order valence-corrected chi connectivity index (χ3v) is 9.62. The van der Waals surface area contributed by atoms with E-state index in [-0.39, 0.29) is 18.4 Å². The Morgan fingerprint density at radius 2 is 1.59 bits per heavy atom. The highest BCUT2D eigenvalue weighted by Crippen LogP contribution is 2.37. The Kier molecular flexibility index (Phi) is 10.8. The van der Waals surface area contributed by atoms with E-state index in [1.54, 1.807) is 4.90 Å². The minimum atomic E-state index is -1.22. The molecule has 1 fully saturated rings. The fraction of sp³-hybridized carbons (Fsp3) is 0.317.